The van der Waals surface area contributed by atoms with Gasteiger partial charge < -0.3 is 4.90 Å². The number of hydrogen-bond acceptors (Lipinski definition) is 7. The molecule has 0 radical (unpaired) electrons. The van der Waals surface area contributed by atoms with Crippen LogP contribution in [0.1, 0.15) is 21.8 Å². The highest BCUT2D eigenvalue weighted by Gasteiger charge is 2.30. The van der Waals surface area contributed by atoms with Gasteiger partial charge in [0.2, 0.25) is 15.9 Å². The van der Waals surface area contributed by atoms with Crippen molar-refractivity contribution in [1.82, 2.24) is 19.2 Å². The molecule has 1 aromatic carbocycles. The Labute approximate surface area is 196 Å². The average molecular weight is 491 g/mol. The molecule has 3 heterocycles. The molecule has 4 rings (SSSR count). The van der Waals surface area contributed by atoms with Crippen molar-refractivity contribution < 1.29 is 13.2 Å². The Bertz CT molecular complexity index is 1260. The molecule has 0 atom stereocenters. The van der Waals surface area contributed by atoms with Crippen molar-refractivity contribution in [1.29, 1.82) is 0 Å². The lowest BCUT2D eigenvalue weighted by molar-refractivity contribution is -0.129. The van der Waals surface area contributed by atoms with Crippen molar-refractivity contribution in [3.05, 3.63) is 46.1 Å². The summed E-state index contributed by atoms with van der Waals surface area (Å²) in [6.07, 6.45) is 0. The SMILES string of the molecule is Cc1ccc(S(=O)(=O)N2CCN(C(=O)CSc3nc(C)nc4sc(C)c(C)c34)CC2)cc1. The molecule has 1 amide bonds. The zero-order chi connectivity index (χ0) is 23.0. The summed E-state index contributed by atoms with van der Waals surface area (Å²) in [4.78, 5) is 26.2. The summed E-state index contributed by atoms with van der Waals surface area (Å²) in [5, 5.41) is 1.87. The second-order valence-corrected chi connectivity index (χ2v) is 12.0. The predicted octanol–water partition coefficient (Wildman–Crippen LogP) is 3.55. The first-order valence-electron chi connectivity index (χ1n) is 10.4. The van der Waals surface area contributed by atoms with Gasteiger partial charge in [0, 0.05) is 36.4 Å². The molecular weight excluding hydrogens is 464 g/mol. The number of amides is 1. The largest absolute Gasteiger partial charge is 0.339 e. The van der Waals surface area contributed by atoms with Crippen LogP contribution in [0, 0.1) is 27.7 Å². The van der Waals surface area contributed by atoms with Crippen LogP contribution >= 0.6 is 23.1 Å². The van der Waals surface area contributed by atoms with E-state index in [4.69, 9.17) is 0 Å². The first-order chi connectivity index (χ1) is 15.2. The van der Waals surface area contributed by atoms with E-state index in [1.807, 2.05) is 13.8 Å². The molecule has 7 nitrogen and oxygen atoms in total. The summed E-state index contributed by atoms with van der Waals surface area (Å²) in [7, 11) is -3.54. The highest BCUT2D eigenvalue weighted by Crippen LogP contribution is 2.35. The lowest BCUT2D eigenvalue weighted by Gasteiger charge is -2.34. The van der Waals surface area contributed by atoms with E-state index in [1.54, 1.807) is 40.5 Å². The monoisotopic (exact) mass is 490 g/mol. The zero-order valence-electron chi connectivity index (χ0n) is 18.6. The number of aromatic nitrogens is 2. The van der Waals surface area contributed by atoms with Crippen LogP contribution in [0.5, 0.6) is 0 Å². The number of nitrogens with zero attached hydrogens (tertiary/aromatic N) is 4. The van der Waals surface area contributed by atoms with Gasteiger partial charge in [0.05, 0.1) is 10.6 Å². The third-order valence-electron chi connectivity index (χ3n) is 5.69. The fourth-order valence-corrected chi connectivity index (χ4v) is 7.27. The Morgan fingerprint density at radius 2 is 1.69 bits per heavy atom. The summed E-state index contributed by atoms with van der Waals surface area (Å²) >= 11 is 3.08. The number of hydrogen-bond donors (Lipinski definition) is 0. The molecule has 3 aromatic rings. The van der Waals surface area contributed by atoms with Gasteiger partial charge in [0.1, 0.15) is 15.7 Å². The quantitative estimate of drug-likeness (QED) is 0.402. The third kappa shape index (κ3) is 4.54. The van der Waals surface area contributed by atoms with Crippen molar-refractivity contribution in [2.75, 3.05) is 31.9 Å². The van der Waals surface area contributed by atoms with Crippen LogP contribution in [0.15, 0.2) is 34.2 Å². The minimum absolute atomic E-state index is 0.00333. The van der Waals surface area contributed by atoms with Gasteiger partial charge in [-0.15, -0.1) is 11.3 Å². The number of thioether (sulfide) groups is 1. The molecule has 170 valence electrons. The van der Waals surface area contributed by atoms with Gasteiger partial charge in [-0.3, -0.25) is 4.79 Å². The maximum atomic E-state index is 12.9. The second kappa shape index (κ2) is 9.09. The van der Waals surface area contributed by atoms with Gasteiger partial charge in [0.25, 0.3) is 0 Å². The maximum absolute atomic E-state index is 12.9. The van der Waals surface area contributed by atoms with E-state index >= 15 is 0 Å². The first-order valence-corrected chi connectivity index (χ1v) is 13.6. The van der Waals surface area contributed by atoms with E-state index < -0.39 is 10.0 Å². The van der Waals surface area contributed by atoms with Crippen LogP contribution in [0.3, 0.4) is 0 Å². The Kier molecular flexibility index (Phi) is 6.58. The minimum Gasteiger partial charge on any atom is -0.339 e. The topological polar surface area (TPSA) is 83.5 Å². The summed E-state index contributed by atoms with van der Waals surface area (Å²) in [6, 6.07) is 6.87. The minimum atomic E-state index is -3.54. The van der Waals surface area contributed by atoms with Crippen LogP contribution in [0.25, 0.3) is 10.2 Å². The van der Waals surface area contributed by atoms with Gasteiger partial charge in [-0.25, -0.2) is 18.4 Å². The van der Waals surface area contributed by atoms with Crippen LogP contribution in [-0.4, -0.2) is 65.4 Å². The van der Waals surface area contributed by atoms with Crippen molar-refractivity contribution in [2.45, 2.75) is 37.6 Å². The molecule has 1 saturated heterocycles. The highest BCUT2D eigenvalue weighted by atomic mass is 32.2. The molecule has 0 spiro atoms. The number of carbonyl (C=O) groups excluding carboxylic acids is 1. The van der Waals surface area contributed by atoms with Crippen LogP contribution < -0.4 is 0 Å². The van der Waals surface area contributed by atoms with Crippen LogP contribution in [0.2, 0.25) is 0 Å². The molecule has 0 N–H and O–H groups in total. The van der Waals surface area contributed by atoms with Gasteiger partial charge >= 0.3 is 0 Å². The molecule has 32 heavy (non-hydrogen) atoms. The molecule has 10 heteroatoms. The number of rotatable bonds is 5. The maximum Gasteiger partial charge on any atom is 0.243 e. The van der Waals surface area contributed by atoms with Crippen molar-refractivity contribution in [3.63, 3.8) is 0 Å². The number of carbonyl (C=O) groups is 1. The summed E-state index contributed by atoms with van der Waals surface area (Å²) < 4.78 is 27.2. The molecule has 0 aliphatic carbocycles. The zero-order valence-corrected chi connectivity index (χ0v) is 21.0. The van der Waals surface area contributed by atoms with E-state index in [9.17, 15) is 13.2 Å². The predicted molar refractivity (Wildman–Crippen MR) is 129 cm³/mol. The standard InChI is InChI=1S/C22H26N4O3S3/c1-14-5-7-18(8-6-14)32(28,29)26-11-9-25(10-12-26)19(27)13-30-21-20-15(2)16(3)31-22(20)24-17(4)23-21/h5-8H,9-13H2,1-4H3. The van der Waals surface area contributed by atoms with Crippen LogP contribution in [0.4, 0.5) is 0 Å². The fraction of sp³-hybridized carbons (Fsp3) is 0.409. The molecule has 1 aliphatic rings. The van der Waals surface area contributed by atoms with E-state index in [0.29, 0.717) is 36.9 Å². The number of fused-ring (bicyclic) bond motifs is 1. The average Bonchev–Trinajstić information content (AvgIpc) is 3.05. The molecular formula is C22H26N4O3S3. The molecule has 2 aromatic heterocycles. The Balaban J connectivity index is 1.39. The molecule has 1 fully saturated rings. The van der Waals surface area contributed by atoms with Crippen LogP contribution in [-0.2, 0) is 14.8 Å². The third-order valence-corrected chi connectivity index (χ3v) is 9.66. The van der Waals surface area contributed by atoms with Crippen molar-refractivity contribution in [2.24, 2.45) is 0 Å². The Morgan fingerprint density at radius 3 is 2.34 bits per heavy atom. The molecule has 0 bridgehead atoms. The summed E-state index contributed by atoms with van der Waals surface area (Å²) in [5.74, 6) is 0.963. The summed E-state index contributed by atoms with van der Waals surface area (Å²) in [6.45, 7) is 9.29. The summed E-state index contributed by atoms with van der Waals surface area (Å²) in [5.41, 5.74) is 2.18. The van der Waals surface area contributed by atoms with E-state index in [2.05, 4.69) is 23.8 Å². The fourth-order valence-electron chi connectivity index (χ4n) is 3.68. The first kappa shape index (κ1) is 23.2. The van der Waals surface area contributed by atoms with E-state index in [-0.39, 0.29) is 11.7 Å². The van der Waals surface area contributed by atoms with Gasteiger partial charge in [-0.2, -0.15) is 4.31 Å². The normalized spacial score (nSPS) is 15.4. The number of aryl methyl sites for hydroxylation is 4. The molecule has 1 aliphatic heterocycles. The van der Waals surface area contributed by atoms with E-state index in [1.165, 1.54) is 20.9 Å². The van der Waals surface area contributed by atoms with Crippen molar-refractivity contribution in [3.8, 4) is 0 Å². The lowest BCUT2D eigenvalue weighted by atomic mass is 10.2. The molecule has 0 saturated carbocycles. The van der Waals surface area contributed by atoms with Gasteiger partial charge in [0.15, 0.2) is 0 Å². The Morgan fingerprint density at radius 1 is 1.03 bits per heavy atom. The van der Waals surface area contributed by atoms with Gasteiger partial charge in [-0.1, -0.05) is 29.5 Å². The van der Waals surface area contributed by atoms with Crippen molar-refractivity contribution >= 4 is 49.2 Å². The highest BCUT2D eigenvalue weighted by molar-refractivity contribution is 8.00. The number of thiophene rings is 1. The number of sulfonamides is 1. The smallest absolute Gasteiger partial charge is 0.243 e. The number of piperazine rings is 1. The second-order valence-electron chi connectivity index (χ2n) is 7.93. The Hall–Kier alpha value is -2.01. The van der Waals surface area contributed by atoms with E-state index in [0.717, 1.165) is 26.4 Å². The number of benzene rings is 1. The van der Waals surface area contributed by atoms with Gasteiger partial charge in [-0.05, 0) is 45.4 Å². The molecule has 0 unspecified atom stereocenters. The lowest BCUT2D eigenvalue weighted by Crippen LogP contribution is -2.50.